The first-order valence-electron chi connectivity index (χ1n) is 10.9. The minimum absolute atomic E-state index is 0.00241. The molecule has 1 aliphatic carbocycles. The Balaban J connectivity index is 1.57. The molecule has 0 fully saturated rings. The van der Waals surface area contributed by atoms with Gasteiger partial charge in [-0.2, -0.15) is 0 Å². The number of benzene rings is 2. The number of nitrogens with one attached hydrogen (secondary N) is 2. The number of hydroxylamine groups is 1. The van der Waals surface area contributed by atoms with Crippen LogP contribution in [0.1, 0.15) is 34.7 Å². The number of rotatable bonds is 9. The van der Waals surface area contributed by atoms with Crippen molar-refractivity contribution in [2.45, 2.75) is 31.3 Å². The van der Waals surface area contributed by atoms with Gasteiger partial charge in [0.15, 0.2) is 0 Å². The second kappa shape index (κ2) is 10.1. The van der Waals surface area contributed by atoms with Crippen molar-refractivity contribution in [1.82, 2.24) is 15.4 Å². The molecule has 0 unspecified atom stereocenters. The molecule has 1 amide bonds. The lowest BCUT2D eigenvalue weighted by atomic mass is 9.99. The van der Waals surface area contributed by atoms with E-state index < -0.39 is 5.91 Å². The van der Waals surface area contributed by atoms with Crippen LogP contribution in [0.15, 0.2) is 54.7 Å². The van der Waals surface area contributed by atoms with Gasteiger partial charge >= 0.3 is 0 Å². The maximum absolute atomic E-state index is 11.2. The summed E-state index contributed by atoms with van der Waals surface area (Å²) in [5, 5.41) is 29.9. The topological polar surface area (TPSA) is 109 Å². The third-order valence-electron chi connectivity index (χ3n) is 6.32. The van der Waals surface area contributed by atoms with Crippen LogP contribution >= 0.6 is 0 Å². The fraction of sp³-hybridized carbons (Fsp3) is 0.320. The average Bonchev–Trinajstić information content (AvgIpc) is 3.43. The standard InChI is InChI=1S/C25H29N3O4/c29-12-11-28(20(16-30)14-19-15-26-23-4-2-1-3-21(19)23)24-9-7-18-13-17(5-8-22(18)24)6-10-25(31)27-32/h1-6,8,10,13,15,20,24,26,29-30,32H,7,9,11-12,14,16H2,(H,27,31)/t20-,24+/m0/s1. The van der Waals surface area contributed by atoms with E-state index in [2.05, 4.69) is 28.1 Å². The lowest BCUT2D eigenvalue weighted by Gasteiger charge is -2.35. The molecule has 1 heterocycles. The Labute approximate surface area is 187 Å². The number of aliphatic hydroxyl groups is 2. The number of aromatic nitrogens is 1. The van der Waals surface area contributed by atoms with Gasteiger partial charge in [-0.05, 0) is 53.7 Å². The minimum Gasteiger partial charge on any atom is -0.395 e. The Kier molecular flexibility index (Phi) is 7.02. The highest BCUT2D eigenvalue weighted by Crippen LogP contribution is 2.38. The van der Waals surface area contributed by atoms with E-state index in [1.54, 1.807) is 11.6 Å². The number of aryl methyl sites for hydroxylation is 1. The van der Waals surface area contributed by atoms with Gasteiger partial charge in [0.1, 0.15) is 0 Å². The molecule has 1 aromatic heterocycles. The molecule has 1 aliphatic rings. The van der Waals surface area contributed by atoms with Crippen molar-refractivity contribution in [2.24, 2.45) is 0 Å². The summed E-state index contributed by atoms with van der Waals surface area (Å²) in [4.78, 5) is 16.8. The summed E-state index contributed by atoms with van der Waals surface area (Å²) in [6.45, 7) is 0.506. The molecule has 7 heteroatoms. The van der Waals surface area contributed by atoms with Crippen molar-refractivity contribution >= 4 is 22.9 Å². The number of carbonyl (C=O) groups excluding carboxylic acids is 1. The molecule has 5 N–H and O–H groups in total. The summed E-state index contributed by atoms with van der Waals surface area (Å²) in [5.41, 5.74) is 7.11. The first-order valence-corrected chi connectivity index (χ1v) is 10.9. The summed E-state index contributed by atoms with van der Waals surface area (Å²) in [7, 11) is 0. The van der Waals surface area contributed by atoms with Crippen molar-refractivity contribution in [1.29, 1.82) is 0 Å². The summed E-state index contributed by atoms with van der Waals surface area (Å²) >= 11 is 0. The molecule has 0 saturated carbocycles. The largest absolute Gasteiger partial charge is 0.395 e. The van der Waals surface area contributed by atoms with Crippen molar-refractivity contribution < 1.29 is 20.2 Å². The first kappa shape index (κ1) is 22.2. The Bertz CT molecular complexity index is 1110. The number of carbonyl (C=O) groups is 1. The Hall–Kier alpha value is -2.97. The van der Waals surface area contributed by atoms with Crippen LogP contribution in [0.2, 0.25) is 0 Å². The highest BCUT2D eigenvalue weighted by molar-refractivity contribution is 5.90. The molecular formula is C25H29N3O4. The number of H-pyrrole nitrogens is 1. The zero-order chi connectivity index (χ0) is 22.5. The van der Waals surface area contributed by atoms with Gasteiger partial charge < -0.3 is 15.2 Å². The molecule has 32 heavy (non-hydrogen) atoms. The van der Waals surface area contributed by atoms with Gasteiger partial charge in [0.2, 0.25) is 0 Å². The van der Waals surface area contributed by atoms with Gasteiger partial charge in [-0.25, -0.2) is 5.48 Å². The lowest BCUT2D eigenvalue weighted by Crippen LogP contribution is -2.43. The SMILES string of the molecule is O=C(C=Cc1ccc2c(c1)CC[C@H]2N(CCO)[C@H](CO)Cc1c[nH]c2ccccc12)NO. The molecule has 2 aromatic carbocycles. The van der Waals surface area contributed by atoms with Crippen molar-refractivity contribution in [3.8, 4) is 0 Å². The maximum atomic E-state index is 11.2. The molecule has 3 aromatic rings. The first-order chi connectivity index (χ1) is 15.6. The second-order valence-electron chi connectivity index (χ2n) is 8.18. The predicted octanol–water partition coefficient (Wildman–Crippen LogP) is 2.57. The number of aromatic amines is 1. The quantitative estimate of drug-likeness (QED) is 0.202. The van der Waals surface area contributed by atoms with E-state index in [0.29, 0.717) is 13.0 Å². The van der Waals surface area contributed by atoms with Crippen LogP contribution in [0.25, 0.3) is 17.0 Å². The number of aliphatic hydroxyl groups excluding tert-OH is 2. The van der Waals surface area contributed by atoms with Crippen LogP contribution in [0.5, 0.6) is 0 Å². The van der Waals surface area contributed by atoms with Crippen LogP contribution in [-0.4, -0.2) is 57.0 Å². The zero-order valence-electron chi connectivity index (χ0n) is 17.9. The molecule has 168 valence electrons. The van der Waals surface area contributed by atoms with Crippen LogP contribution < -0.4 is 5.48 Å². The molecule has 2 atom stereocenters. The minimum atomic E-state index is -0.569. The molecule has 0 aliphatic heterocycles. The van der Waals surface area contributed by atoms with Crippen molar-refractivity contribution in [2.75, 3.05) is 19.8 Å². The van der Waals surface area contributed by atoms with Gasteiger partial charge in [0.25, 0.3) is 5.91 Å². The number of nitrogens with zero attached hydrogens (tertiary/aromatic N) is 1. The Morgan fingerprint density at radius 2 is 2.09 bits per heavy atom. The summed E-state index contributed by atoms with van der Waals surface area (Å²) in [6.07, 6.45) is 7.44. The van der Waals surface area contributed by atoms with E-state index in [9.17, 15) is 15.0 Å². The summed E-state index contributed by atoms with van der Waals surface area (Å²) in [6, 6.07) is 14.2. The summed E-state index contributed by atoms with van der Waals surface area (Å²) in [5.74, 6) is -0.569. The summed E-state index contributed by atoms with van der Waals surface area (Å²) < 4.78 is 0. The highest BCUT2D eigenvalue weighted by Gasteiger charge is 2.32. The number of hydrogen-bond donors (Lipinski definition) is 5. The Morgan fingerprint density at radius 1 is 1.25 bits per heavy atom. The van der Waals surface area contributed by atoms with Crippen molar-refractivity contribution in [3.63, 3.8) is 0 Å². The van der Waals surface area contributed by atoms with Gasteiger partial charge in [0.05, 0.1) is 13.2 Å². The van der Waals surface area contributed by atoms with Gasteiger partial charge in [0, 0.05) is 41.8 Å². The molecule has 0 spiro atoms. The van der Waals surface area contributed by atoms with Gasteiger partial charge in [-0.15, -0.1) is 0 Å². The van der Waals surface area contributed by atoms with Gasteiger partial charge in [-0.3, -0.25) is 14.9 Å². The fourth-order valence-electron chi connectivity index (χ4n) is 4.82. The molecule has 0 saturated heterocycles. The lowest BCUT2D eigenvalue weighted by molar-refractivity contribution is -0.124. The molecule has 0 bridgehead atoms. The van der Waals surface area contributed by atoms with Crippen molar-refractivity contribution in [3.05, 3.63) is 77.0 Å². The third-order valence-corrected chi connectivity index (χ3v) is 6.32. The highest BCUT2D eigenvalue weighted by atomic mass is 16.5. The van der Waals surface area contributed by atoms with E-state index in [4.69, 9.17) is 5.21 Å². The predicted molar refractivity (Wildman–Crippen MR) is 123 cm³/mol. The van der Waals surface area contributed by atoms with E-state index >= 15 is 0 Å². The van der Waals surface area contributed by atoms with E-state index in [1.165, 1.54) is 17.2 Å². The van der Waals surface area contributed by atoms with E-state index in [-0.39, 0.29) is 25.3 Å². The van der Waals surface area contributed by atoms with Crippen LogP contribution in [0.3, 0.4) is 0 Å². The number of amides is 1. The smallest absolute Gasteiger partial charge is 0.267 e. The van der Waals surface area contributed by atoms with Crippen LogP contribution in [0, 0.1) is 0 Å². The zero-order valence-corrected chi connectivity index (χ0v) is 17.9. The third kappa shape index (κ3) is 4.61. The second-order valence-corrected chi connectivity index (χ2v) is 8.18. The average molecular weight is 436 g/mol. The normalized spacial score (nSPS) is 16.7. The monoisotopic (exact) mass is 435 g/mol. The Morgan fingerprint density at radius 3 is 2.88 bits per heavy atom. The van der Waals surface area contributed by atoms with Crippen LogP contribution in [-0.2, 0) is 17.6 Å². The maximum Gasteiger partial charge on any atom is 0.267 e. The molecule has 4 rings (SSSR count). The number of para-hydroxylation sites is 1. The van der Waals surface area contributed by atoms with E-state index in [0.717, 1.165) is 34.9 Å². The van der Waals surface area contributed by atoms with E-state index in [1.807, 2.05) is 30.5 Å². The molecule has 0 radical (unpaired) electrons. The fourth-order valence-corrected chi connectivity index (χ4v) is 4.82. The number of fused-ring (bicyclic) bond motifs is 2. The van der Waals surface area contributed by atoms with Gasteiger partial charge in [-0.1, -0.05) is 36.4 Å². The van der Waals surface area contributed by atoms with Crippen LogP contribution in [0.4, 0.5) is 0 Å². The molecule has 7 nitrogen and oxygen atoms in total. The number of hydrogen-bond acceptors (Lipinski definition) is 5. The molecular weight excluding hydrogens is 406 g/mol.